The first-order valence-corrected chi connectivity index (χ1v) is 14.0. The van der Waals surface area contributed by atoms with Crippen molar-refractivity contribution in [3.8, 4) is 9.75 Å². The topological polar surface area (TPSA) is 34.1 Å². The van der Waals surface area contributed by atoms with Crippen molar-refractivity contribution in [1.29, 1.82) is 0 Å². The number of hydrogen-bond acceptors (Lipinski definition) is 4. The maximum Gasteiger partial charge on any atom is 0.204 e. The lowest BCUT2D eigenvalue weighted by Gasteiger charge is -2.06. The van der Waals surface area contributed by atoms with Crippen LogP contribution in [0.15, 0.2) is 41.3 Å². The van der Waals surface area contributed by atoms with Gasteiger partial charge in [0.25, 0.3) is 0 Å². The smallest absolute Gasteiger partial charge is 0.204 e. The number of rotatable bonds is 12. The third-order valence-corrected chi connectivity index (χ3v) is 9.92. The summed E-state index contributed by atoms with van der Waals surface area (Å²) in [7, 11) is -3.31. The van der Waals surface area contributed by atoms with Crippen molar-refractivity contribution < 1.29 is 8.42 Å². The minimum Gasteiger partial charge on any atom is -0.219 e. The van der Waals surface area contributed by atoms with Crippen molar-refractivity contribution in [3.05, 3.63) is 51.1 Å². The van der Waals surface area contributed by atoms with Crippen LogP contribution >= 0.6 is 22.7 Å². The Bertz CT molecular complexity index is 958. The van der Waals surface area contributed by atoms with Crippen molar-refractivity contribution in [1.82, 2.24) is 0 Å². The largest absolute Gasteiger partial charge is 0.219 e. The zero-order valence-corrected chi connectivity index (χ0v) is 20.0. The van der Waals surface area contributed by atoms with Crippen LogP contribution in [0.3, 0.4) is 0 Å². The van der Waals surface area contributed by atoms with E-state index in [-0.39, 0.29) is 0 Å². The Balaban J connectivity index is 1.63. The van der Waals surface area contributed by atoms with Gasteiger partial charge in [0.2, 0.25) is 9.84 Å². The van der Waals surface area contributed by atoms with Gasteiger partial charge < -0.3 is 0 Å². The number of hydrogen-bond donors (Lipinski definition) is 0. The standard InChI is InChI=1S/C24H32O2S3/c1-3-5-7-9-11-19-13-15-21(27-19)22-16-17-23(28-22)24-18-14-20(29(24,25)26)12-10-8-6-4-2/h13-18H,3-12H2,1-2H3. The minimum absolute atomic E-state index is 0.482. The first-order chi connectivity index (χ1) is 14.1. The summed E-state index contributed by atoms with van der Waals surface area (Å²) in [6, 6.07) is 8.46. The van der Waals surface area contributed by atoms with Gasteiger partial charge in [0.05, 0.1) is 4.91 Å². The van der Waals surface area contributed by atoms with E-state index in [0.717, 1.165) is 35.4 Å². The molecule has 0 bridgehead atoms. The van der Waals surface area contributed by atoms with Gasteiger partial charge in [0, 0.05) is 24.4 Å². The van der Waals surface area contributed by atoms with Gasteiger partial charge >= 0.3 is 0 Å². The van der Waals surface area contributed by atoms with Gasteiger partial charge in [-0.15, -0.1) is 22.7 Å². The lowest BCUT2D eigenvalue weighted by atomic mass is 10.1. The molecule has 0 spiro atoms. The molecular weight excluding hydrogens is 416 g/mol. The lowest BCUT2D eigenvalue weighted by Crippen LogP contribution is -2.02. The second-order valence-electron chi connectivity index (χ2n) is 7.72. The molecule has 0 saturated heterocycles. The monoisotopic (exact) mass is 448 g/mol. The Kier molecular flexibility index (Phi) is 8.34. The Morgan fingerprint density at radius 3 is 2.03 bits per heavy atom. The molecule has 0 aliphatic carbocycles. The molecule has 3 rings (SSSR count). The van der Waals surface area contributed by atoms with Crippen LogP contribution < -0.4 is 0 Å². The molecule has 0 aromatic carbocycles. The molecule has 0 N–H and O–H groups in total. The average molecular weight is 449 g/mol. The first kappa shape index (κ1) is 22.5. The Morgan fingerprint density at radius 2 is 1.31 bits per heavy atom. The van der Waals surface area contributed by atoms with Gasteiger partial charge in [-0.05, 0) is 62.1 Å². The van der Waals surface area contributed by atoms with Crippen LogP contribution in [-0.2, 0) is 16.3 Å². The molecule has 1 aliphatic rings. The summed E-state index contributed by atoms with van der Waals surface area (Å²) in [6.45, 7) is 4.41. The van der Waals surface area contributed by atoms with Gasteiger partial charge in [-0.1, -0.05) is 52.4 Å². The van der Waals surface area contributed by atoms with Crippen LogP contribution in [-0.4, -0.2) is 8.42 Å². The SMILES string of the molecule is CCCCCCC1=CC=C(c2ccc(-c3ccc(CCCCCC)s3)s2)S1(=O)=O. The maximum absolute atomic E-state index is 13.0. The molecule has 2 aromatic rings. The fraction of sp³-hybridized carbons (Fsp3) is 0.500. The van der Waals surface area contributed by atoms with E-state index >= 15 is 0 Å². The highest BCUT2D eigenvalue weighted by Gasteiger charge is 2.29. The van der Waals surface area contributed by atoms with Crippen LogP contribution in [0.25, 0.3) is 14.7 Å². The van der Waals surface area contributed by atoms with Crippen molar-refractivity contribution >= 4 is 37.4 Å². The highest BCUT2D eigenvalue weighted by Crippen LogP contribution is 2.41. The number of thiophene rings is 2. The Hall–Kier alpha value is -1.17. The van der Waals surface area contributed by atoms with E-state index in [1.807, 2.05) is 23.5 Å². The number of sulfone groups is 1. The minimum atomic E-state index is -3.31. The Morgan fingerprint density at radius 1 is 0.690 bits per heavy atom. The zero-order chi connectivity index (χ0) is 20.7. The second kappa shape index (κ2) is 10.7. The molecule has 0 atom stereocenters. The summed E-state index contributed by atoms with van der Waals surface area (Å²) in [6.07, 6.45) is 14.9. The van der Waals surface area contributed by atoms with Crippen molar-refractivity contribution in [3.63, 3.8) is 0 Å². The van der Waals surface area contributed by atoms with E-state index in [2.05, 4.69) is 32.0 Å². The summed E-state index contributed by atoms with van der Waals surface area (Å²) in [4.78, 5) is 5.76. The molecule has 0 fully saturated rings. The van der Waals surface area contributed by atoms with Gasteiger partial charge in [0.1, 0.15) is 0 Å². The summed E-state index contributed by atoms with van der Waals surface area (Å²) in [5.74, 6) is 0. The molecule has 0 unspecified atom stereocenters. The summed E-state index contributed by atoms with van der Waals surface area (Å²) < 4.78 is 25.9. The molecular formula is C24H32O2S3. The number of aryl methyl sites for hydroxylation is 1. The highest BCUT2D eigenvalue weighted by atomic mass is 32.2. The van der Waals surface area contributed by atoms with Crippen LogP contribution in [0.4, 0.5) is 0 Å². The summed E-state index contributed by atoms with van der Waals surface area (Å²) >= 11 is 3.44. The van der Waals surface area contributed by atoms with E-state index in [9.17, 15) is 8.42 Å². The third kappa shape index (κ3) is 5.71. The van der Waals surface area contributed by atoms with Gasteiger partial charge in [0.15, 0.2) is 0 Å². The van der Waals surface area contributed by atoms with Crippen LogP contribution in [0.2, 0.25) is 0 Å². The van der Waals surface area contributed by atoms with Gasteiger partial charge in [-0.25, -0.2) is 8.42 Å². The first-order valence-electron chi connectivity index (χ1n) is 10.9. The molecule has 158 valence electrons. The van der Waals surface area contributed by atoms with Crippen molar-refractivity contribution in [2.45, 2.75) is 78.1 Å². The molecule has 29 heavy (non-hydrogen) atoms. The quantitative estimate of drug-likeness (QED) is 0.306. The summed E-state index contributed by atoms with van der Waals surface area (Å²) in [5.41, 5.74) is 0. The fourth-order valence-electron chi connectivity index (χ4n) is 3.62. The van der Waals surface area contributed by atoms with Crippen LogP contribution in [0.5, 0.6) is 0 Å². The Labute approximate surface area is 184 Å². The molecule has 0 saturated carbocycles. The van der Waals surface area contributed by atoms with Crippen molar-refractivity contribution in [2.24, 2.45) is 0 Å². The molecule has 1 aliphatic heterocycles. The fourth-order valence-corrected chi connectivity index (χ4v) is 7.66. The van der Waals surface area contributed by atoms with E-state index in [1.54, 1.807) is 17.4 Å². The van der Waals surface area contributed by atoms with E-state index < -0.39 is 9.84 Å². The normalized spacial score (nSPS) is 15.5. The molecule has 2 nitrogen and oxygen atoms in total. The molecule has 0 amide bonds. The molecule has 3 heterocycles. The number of unbranched alkanes of at least 4 members (excludes halogenated alkanes) is 6. The van der Waals surface area contributed by atoms with Gasteiger partial charge in [-0.3, -0.25) is 0 Å². The number of allylic oxidation sites excluding steroid dienone is 3. The average Bonchev–Trinajstić information content (AvgIpc) is 3.41. The van der Waals surface area contributed by atoms with E-state index in [1.165, 1.54) is 41.9 Å². The maximum atomic E-state index is 13.0. The van der Waals surface area contributed by atoms with Crippen LogP contribution in [0.1, 0.15) is 81.4 Å². The molecule has 0 radical (unpaired) electrons. The predicted molar refractivity (Wildman–Crippen MR) is 129 cm³/mol. The van der Waals surface area contributed by atoms with Crippen molar-refractivity contribution in [2.75, 3.05) is 0 Å². The molecule has 2 aromatic heterocycles. The zero-order valence-electron chi connectivity index (χ0n) is 17.6. The lowest BCUT2D eigenvalue weighted by molar-refractivity contribution is 0.606. The van der Waals surface area contributed by atoms with E-state index in [0.29, 0.717) is 16.2 Å². The summed E-state index contributed by atoms with van der Waals surface area (Å²) in [5, 5.41) is 0. The third-order valence-electron chi connectivity index (χ3n) is 5.36. The predicted octanol–water partition coefficient (Wildman–Crippen LogP) is 8.22. The second-order valence-corrected chi connectivity index (χ2v) is 11.9. The van der Waals surface area contributed by atoms with Gasteiger partial charge in [-0.2, -0.15) is 0 Å². The van der Waals surface area contributed by atoms with Crippen LogP contribution in [0, 0.1) is 0 Å². The molecule has 5 heteroatoms. The van der Waals surface area contributed by atoms with E-state index in [4.69, 9.17) is 0 Å². The highest BCUT2D eigenvalue weighted by molar-refractivity contribution is 8.04.